The van der Waals surface area contributed by atoms with Crippen LogP contribution in [-0.2, 0) is 0 Å². The van der Waals surface area contributed by atoms with Crippen LogP contribution in [0.5, 0.6) is 0 Å². The highest BCUT2D eigenvalue weighted by atomic mass is 79.9. The maximum atomic E-state index is 12.9. The fourth-order valence-corrected chi connectivity index (χ4v) is 4.05. The molecule has 1 aromatic carbocycles. The zero-order valence-corrected chi connectivity index (χ0v) is 15.1. The first-order valence-corrected chi connectivity index (χ1v) is 9.00. The van der Waals surface area contributed by atoms with Crippen molar-refractivity contribution in [3.8, 4) is 0 Å². The van der Waals surface area contributed by atoms with E-state index in [1.807, 2.05) is 36.1 Å². The number of para-hydroxylation sites is 1. The molecule has 0 bridgehead atoms. The van der Waals surface area contributed by atoms with Crippen molar-refractivity contribution in [2.75, 3.05) is 13.1 Å². The van der Waals surface area contributed by atoms with Crippen molar-refractivity contribution in [1.29, 1.82) is 0 Å². The van der Waals surface area contributed by atoms with Crippen LogP contribution in [0.15, 0.2) is 34.8 Å². The smallest absolute Gasteiger partial charge is 0.271 e. The molecule has 1 fully saturated rings. The van der Waals surface area contributed by atoms with Gasteiger partial charge in [-0.25, -0.2) is 0 Å². The van der Waals surface area contributed by atoms with Gasteiger partial charge in [0.15, 0.2) is 0 Å². The molecule has 3 aromatic rings. The van der Waals surface area contributed by atoms with Crippen molar-refractivity contribution in [3.05, 3.63) is 51.9 Å². The molecule has 3 heterocycles. The lowest BCUT2D eigenvalue weighted by molar-refractivity contribution is 0.0706. The molecule has 1 aliphatic rings. The summed E-state index contributed by atoms with van der Waals surface area (Å²) in [6.45, 7) is 3.54. The van der Waals surface area contributed by atoms with Crippen molar-refractivity contribution in [2.45, 2.75) is 25.7 Å². The zero-order valence-electron chi connectivity index (χ0n) is 13.5. The summed E-state index contributed by atoms with van der Waals surface area (Å²) in [6.07, 6.45) is 1.90. The second-order valence-corrected chi connectivity index (χ2v) is 7.19. The fourth-order valence-electron chi connectivity index (χ4n) is 3.44. The fraction of sp³-hybridized carbons (Fsp3) is 0.333. The number of aromatic nitrogens is 3. The van der Waals surface area contributed by atoms with Gasteiger partial charge in [-0.05, 0) is 47.8 Å². The first kappa shape index (κ1) is 15.4. The molecule has 1 amide bonds. The van der Waals surface area contributed by atoms with Crippen molar-refractivity contribution in [1.82, 2.24) is 20.1 Å². The first-order chi connectivity index (χ1) is 11.6. The third-order valence-corrected chi connectivity index (χ3v) is 5.61. The third-order valence-electron chi connectivity index (χ3n) is 4.78. The summed E-state index contributed by atoms with van der Waals surface area (Å²) in [6, 6.07) is 10.1. The number of fused-ring (bicyclic) bond motifs is 1. The van der Waals surface area contributed by atoms with Gasteiger partial charge in [-0.3, -0.25) is 9.89 Å². The number of amides is 1. The van der Waals surface area contributed by atoms with Crippen molar-refractivity contribution >= 4 is 32.7 Å². The van der Waals surface area contributed by atoms with Gasteiger partial charge < -0.3 is 9.88 Å². The molecule has 0 radical (unpaired) electrons. The number of nitrogens with one attached hydrogen (secondary N) is 2. The van der Waals surface area contributed by atoms with Gasteiger partial charge >= 0.3 is 0 Å². The van der Waals surface area contributed by atoms with Crippen molar-refractivity contribution < 1.29 is 4.79 Å². The molecule has 2 aromatic heterocycles. The van der Waals surface area contributed by atoms with Gasteiger partial charge in [-0.15, -0.1) is 0 Å². The minimum absolute atomic E-state index is 0.0646. The molecule has 4 rings (SSSR count). The number of aromatic amines is 2. The normalized spacial score (nSPS) is 16.0. The van der Waals surface area contributed by atoms with Gasteiger partial charge in [-0.2, -0.15) is 5.10 Å². The van der Waals surface area contributed by atoms with Crippen LogP contribution in [0.4, 0.5) is 0 Å². The Labute approximate surface area is 148 Å². The second-order valence-electron chi connectivity index (χ2n) is 6.40. The Balaban J connectivity index is 1.50. The zero-order chi connectivity index (χ0) is 16.7. The molecule has 2 N–H and O–H groups in total. The monoisotopic (exact) mass is 386 g/mol. The van der Waals surface area contributed by atoms with E-state index in [4.69, 9.17) is 0 Å². The molecule has 124 valence electrons. The largest absolute Gasteiger partial charge is 0.350 e. The summed E-state index contributed by atoms with van der Waals surface area (Å²) in [7, 11) is 0. The van der Waals surface area contributed by atoms with E-state index in [1.165, 1.54) is 0 Å². The van der Waals surface area contributed by atoms with E-state index in [0.717, 1.165) is 52.7 Å². The van der Waals surface area contributed by atoms with Crippen LogP contribution in [0.1, 0.15) is 40.6 Å². The number of rotatable bonds is 2. The molecular weight excluding hydrogens is 368 g/mol. The lowest BCUT2D eigenvalue weighted by atomic mass is 9.93. The number of halogens is 1. The lowest BCUT2D eigenvalue weighted by Crippen LogP contribution is -2.38. The number of piperidine rings is 1. The number of benzene rings is 1. The van der Waals surface area contributed by atoms with Gasteiger partial charge in [0, 0.05) is 35.6 Å². The third kappa shape index (κ3) is 2.65. The highest BCUT2D eigenvalue weighted by molar-refractivity contribution is 9.10. The Kier molecular flexibility index (Phi) is 3.92. The second kappa shape index (κ2) is 6.09. The number of hydrogen-bond acceptors (Lipinski definition) is 2. The quantitative estimate of drug-likeness (QED) is 0.699. The maximum Gasteiger partial charge on any atom is 0.271 e. The maximum absolute atomic E-state index is 12.9. The van der Waals surface area contributed by atoms with Crippen LogP contribution in [0, 0.1) is 6.92 Å². The van der Waals surface area contributed by atoms with Gasteiger partial charge in [0.2, 0.25) is 0 Å². The summed E-state index contributed by atoms with van der Waals surface area (Å²) in [4.78, 5) is 18.1. The number of nitrogens with zero attached hydrogens (tertiary/aromatic N) is 2. The average molecular weight is 387 g/mol. The van der Waals surface area contributed by atoms with Crippen molar-refractivity contribution in [2.24, 2.45) is 0 Å². The minimum atomic E-state index is 0.0646. The summed E-state index contributed by atoms with van der Waals surface area (Å²) < 4.78 is 0.855. The van der Waals surface area contributed by atoms with Crippen LogP contribution >= 0.6 is 15.9 Å². The van der Waals surface area contributed by atoms with Crippen LogP contribution in [0.3, 0.4) is 0 Å². The molecule has 0 spiro atoms. The Morgan fingerprint density at radius 1 is 1.29 bits per heavy atom. The number of likely N-dealkylation sites (tertiary alicyclic amines) is 1. The van der Waals surface area contributed by atoms with E-state index >= 15 is 0 Å². The summed E-state index contributed by atoms with van der Waals surface area (Å²) in [5.41, 5.74) is 3.83. The summed E-state index contributed by atoms with van der Waals surface area (Å²) in [5, 5.41) is 8.42. The molecule has 1 saturated heterocycles. The van der Waals surface area contributed by atoms with Gasteiger partial charge in [0.25, 0.3) is 5.91 Å². The number of carbonyl (C=O) groups excluding carboxylic acids is 1. The molecule has 6 heteroatoms. The Bertz CT molecular complexity index is 889. The van der Waals surface area contributed by atoms with Crippen LogP contribution in [0.25, 0.3) is 10.9 Å². The standard InChI is InChI=1S/C18H19BrN4O/c1-11-10-15(22-21-11)12-6-8-23(9-7-12)18(24)17-16(19)13-4-2-3-5-14(13)20-17/h2-5,10,12,20H,6-9H2,1H3,(H,21,22). The van der Waals surface area contributed by atoms with E-state index in [0.29, 0.717) is 11.6 Å². The van der Waals surface area contributed by atoms with Crippen molar-refractivity contribution in [3.63, 3.8) is 0 Å². The molecule has 0 aliphatic carbocycles. The lowest BCUT2D eigenvalue weighted by Gasteiger charge is -2.31. The molecule has 24 heavy (non-hydrogen) atoms. The van der Waals surface area contributed by atoms with Gasteiger partial charge in [0.05, 0.1) is 10.2 Å². The molecule has 0 saturated carbocycles. The summed E-state index contributed by atoms with van der Waals surface area (Å²) in [5.74, 6) is 0.500. The van der Waals surface area contributed by atoms with E-state index < -0.39 is 0 Å². The van der Waals surface area contributed by atoms with Crippen LogP contribution in [0.2, 0.25) is 0 Å². The first-order valence-electron chi connectivity index (χ1n) is 8.21. The van der Waals surface area contributed by atoms with Gasteiger partial charge in [0.1, 0.15) is 5.69 Å². The SMILES string of the molecule is Cc1cc(C2CCN(C(=O)c3[nH]c4ccccc4c3Br)CC2)n[nH]1. The Hall–Kier alpha value is -2.08. The minimum Gasteiger partial charge on any atom is -0.350 e. The molecule has 0 atom stereocenters. The number of aryl methyl sites for hydroxylation is 1. The molecule has 5 nitrogen and oxygen atoms in total. The molecule has 0 unspecified atom stereocenters. The number of hydrogen-bond donors (Lipinski definition) is 2. The molecular formula is C18H19BrN4O. The predicted molar refractivity (Wildman–Crippen MR) is 97.2 cm³/mol. The van der Waals surface area contributed by atoms with E-state index in [-0.39, 0.29) is 5.91 Å². The Morgan fingerprint density at radius 2 is 2.04 bits per heavy atom. The number of carbonyl (C=O) groups is 1. The van der Waals surface area contributed by atoms with Crippen LogP contribution in [-0.4, -0.2) is 39.1 Å². The van der Waals surface area contributed by atoms with Crippen LogP contribution < -0.4 is 0 Å². The predicted octanol–water partition coefficient (Wildman–Crippen LogP) is 3.98. The highest BCUT2D eigenvalue weighted by Crippen LogP contribution is 2.31. The molecule has 1 aliphatic heterocycles. The number of H-pyrrole nitrogens is 2. The summed E-state index contributed by atoms with van der Waals surface area (Å²) >= 11 is 3.58. The van der Waals surface area contributed by atoms with E-state index in [1.54, 1.807) is 0 Å². The topological polar surface area (TPSA) is 64.8 Å². The van der Waals surface area contributed by atoms with E-state index in [9.17, 15) is 4.79 Å². The van der Waals surface area contributed by atoms with Gasteiger partial charge in [-0.1, -0.05) is 18.2 Å². The highest BCUT2D eigenvalue weighted by Gasteiger charge is 2.28. The Morgan fingerprint density at radius 3 is 2.71 bits per heavy atom. The average Bonchev–Trinajstić information content (AvgIpc) is 3.19. The van der Waals surface area contributed by atoms with E-state index in [2.05, 4.69) is 37.2 Å².